The van der Waals surface area contributed by atoms with Gasteiger partial charge in [-0.25, -0.2) is 9.78 Å². The number of benzene rings is 1. The van der Waals surface area contributed by atoms with Gasteiger partial charge in [-0.15, -0.1) is 0 Å². The molecule has 0 bridgehead atoms. The molecule has 2 rings (SSSR count). The minimum Gasteiger partial charge on any atom is -0.445 e. The summed E-state index contributed by atoms with van der Waals surface area (Å²) in [4.78, 5) is 15.4. The van der Waals surface area contributed by atoms with Crippen molar-refractivity contribution in [2.24, 2.45) is 0 Å². The molecule has 1 amide bonds. The van der Waals surface area contributed by atoms with Gasteiger partial charge in [0.25, 0.3) is 0 Å². The first kappa shape index (κ1) is 17.1. The van der Waals surface area contributed by atoms with E-state index >= 15 is 0 Å². The zero-order valence-corrected chi connectivity index (χ0v) is 13.7. The van der Waals surface area contributed by atoms with Crippen LogP contribution in [-0.2, 0) is 11.3 Å². The zero-order valence-electron chi connectivity index (χ0n) is 12.2. The first-order valence-corrected chi connectivity index (χ1v) is 7.66. The first-order valence-electron chi connectivity index (χ1n) is 6.90. The molecule has 1 heterocycles. The molecule has 0 aliphatic rings. The van der Waals surface area contributed by atoms with Crippen LogP contribution >= 0.6 is 23.2 Å². The lowest BCUT2D eigenvalue weighted by atomic mass is 10.2. The van der Waals surface area contributed by atoms with Crippen molar-refractivity contribution in [2.75, 3.05) is 6.54 Å². The molecule has 0 saturated heterocycles. The molecule has 118 valence electrons. The highest BCUT2D eigenvalue weighted by Gasteiger charge is 2.03. The highest BCUT2D eigenvalue weighted by atomic mass is 35.5. The van der Waals surface area contributed by atoms with Gasteiger partial charge in [0.1, 0.15) is 11.8 Å². The highest BCUT2D eigenvalue weighted by Crippen LogP contribution is 2.20. The average Bonchev–Trinajstić information content (AvgIpc) is 2.56. The predicted octanol–water partition coefficient (Wildman–Crippen LogP) is 4.06. The third kappa shape index (κ3) is 5.82. The van der Waals surface area contributed by atoms with Gasteiger partial charge < -0.3 is 10.1 Å². The lowest BCUT2D eigenvalue weighted by Crippen LogP contribution is -2.24. The van der Waals surface area contributed by atoms with Crippen LogP contribution in [-0.4, -0.2) is 17.6 Å². The molecule has 1 aromatic heterocycles. The van der Waals surface area contributed by atoms with Crippen molar-refractivity contribution in [2.45, 2.75) is 13.0 Å². The van der Waals surface area contributed by atoms with E-state index in [4.69, 9.17) is 27.9 Å². The van der Waals surface area contributed by atoms with E-state index in [1.54, 1.807) is 6.07 Å². The minimum atomic E-state index is -0.479. The van der Waals surface area contributed by atoms with Crippen LogP contribution in [0.4, 0.5) is 4.79 Å². The van der Waals surface area contributed by atoms with Crippen LogP contribution in [0, 0.1) is 11.8 Å². The Morgan fingerprint density at radius 3 is 2.74 bits per heavy atom. The van der Waals surface area contributed by atoms with Crippen LogP contribution in [0.3, 0.4) is 0 Å². The van der Waals surface area contributed by atoms with Gasteiger partial charge in [0.15, 0.2) is 0 Å². The molecule has 0 atom stereocenters. The fourth-order valence-corrected chi connectivity index (χ4v) is 2.12. The smallest absolute Gasteiger partial charge is 0.407 e. The van der Waals surface area contributed by atoms with E-state index in [1.807, 2.05) is 30.3 Å². The third-order valence-corrected chi connectivity index (χ3v) is 3.40. The Morgan fingerprint density at radius 2 is 2.00 bits per heavy atom. The van der Waals surface area contributed by atoms with Crippen molar-refractivity contribution in [3.8, 4) is 11.8 Å². The van der Waals surface area contributed by atoms with E-state index in [2.05, 4.69) is 22.1 Å². The topological polar surface area (TPSA) is 51.2 Å². The number of rotatable bonds is 4. The Morgan fingerprint density at radius 1 is 1.22 bits per heavy atom. The van der Waals surface area contributed by atoms with Gasteiger partial charge in [0, 0.05) is 19.2 Å². The largest absolute Gasteiger partial charge is 0.445 e. The van der Waals surface area contributed by atoms with Gasteiger partial charge >= 0.3 is 6.09 Å². The average molecular weight is 349 g/mol. The lowest BCUT2D eigenvalue weighted by molar-refractivity contribution is 0.140. The molecule has 0 aliphatic heterocycles. The number of pyridine rings is 1. The Bertz CT molecular complexity index is 704. The normalized spacial score (nSPS) is 9.65. The Labute approximate surface area is 144 Å². The van der Waals surface area contributed by atoms with Crippen LogP contribution in [0.1, 0.15) is 17.5 Å². The van der Waals surface area contributed by atoms with Crippen molar-refractivity contribution in [1.29, 1.82) is 0 Å². The number of ether oxygens (including phenoxy) is 1. The second kappa shape index (κ2) is 9.04. The molecule has 23 heavy (non-hydrogen) atoms. The van der Waals surface area contributed by atoms with Crippen LogP contribution in [0.25, 0.3) is 0 Å². The van der Waals surface area contributed by atoms with Crippen molar-refractivity contribution < 1.29 is 9.53 Å². The number of alkyl carbamates (subject to hydrolysis) is 1. The highest BCUT2D eigenvalue weighted by molar-refractivity contribution is 6.35. The number of aromatic nitrogens is 1. The van der Waals surface area contributed by atoms with Gasteiger partial charge in [-0.3, -0.25) is 0 Å². The van der Waals surface area contributed by atoms with Gasteiger partial charge in [-0.2, -0.15) is 0 Å². The number of halogens is 2. The molecule has 0 radical (unpaired) electrons. The van der Waals surface area contributed by atoms with E-state index in [0.29, 0.717) is 23.6 Å². The van der Waals surface area contributed by atoms with Gasteiger partial charge in [-0.1, -0.05) is 65.4 Å². The van der Waals surface area contributed by atoms with Crippen molar-refractivity contribution >= 4 is 29.3 Å². The molecule has 0 saturated carbocycles. The molecule has 0 fully saturated rings. The van der Waals surface area contributed by atoms with Crippen LogP contribution in [0.15, 0.2) is 42.6 Å². The molecule has 6 heteroatoms. The summed E-state index contributed by atoms with van der Waals surface area (Å²) in [6.07, 6.45) is 1.48. The number of hydrogen-bond acceptors (Lipinski definition) is 3. The van der Waals surface area contributed by atoms with Crippen LogP contribution < -0.4 is 5.32 Å². The standard InChI is InChI=1S/C17H14Cl2N2O2/c18-15-9-11-20-16(19)14(15)8-4-5-10-21-17(22)23-12-13-6-2-1-3-7-13/h1-3,6-7,9,11H,5,10,12H2,(H,21,22). The van der Waals surface area contributed by atoms with Gasteiger partial charge in [0.05, 0.1) is 10.6 Å². The number of hydrogen-bond donors (Lipinski definition) is 1. The maximum atomic E-state index is 11.5. The fourth-order valence-electron chi connectivity index (χ4n) is 1.68. The van der Waals surface area contributed by atoms with E-state index in [1.165, 1.54) is 6.20 Å². The maximum Gasteiger partial charge on any atom is 0.407 e. The number of nitrogens with one attached hydrogen (secondary N) is 1. The number of carbonyl (C=O) groups excluding carboxylic acids is 1. The SMILES string of the molecule is O=C(NCCC#Cc1c(Cl)ccnc1Cl)OCc1ccccc1. The molecule has 4 nitrogen and oxygen atoms in total. The van der Waals surface area contributed by atoms with Crippen LogP contribution in [0.5, 0.6) is 0 Å². The summed E-state index contributed by atoms with van der Waals surface area (Å²) in [6.45, 7) is 0.607. The van der Waals surface area contributed by atoms with E-state index < -0.39 is 6.09 Å². The van der Waals surface area contributed by atoms with Crippen molar-refractivity contribution in [3.05, 3.63) is 63.9 Å². The molecular formula is C17H14Cl2N2O2. The molecule has 0 aliphatic carbocycles. The van der Waals surface area contributed by atoms with Gasteiger partial charge in [0.2, 0.25) is 0 Å². The fraction of sp³-hybridized carbons (Fsp3) is 0.176. The maximum absolute atomic E-state index is 11.5. The molecule has 1 N–H and O–H groups in total. The summed E-state index contributed by atoms with van der Waals surface area (Å²) >= 11 is 11.9. The summed E-state index contributed by atoms with van der Waals surface area (Å²) < 4.78 is 5.08. The van der Waals surface area contributed by atoms with Crippen LogP contribution in [0.2, 0.25) is 10.2 Å². The summed E-state index contributed by atoms with van der Waals surface area (Å²) in [5.41, 5.74) is 1.42. The van der Waals surface area contributed by atoms with E-state index in [0.717, 1.165) is 5.56 Å². The van der Waals surface area contributed by atoms with E-state index in [9.17, 15) is 4.79 Å². The molecule has 1 aromatic carbocycles. The number of carbonyl (C=O) groups is 1. The Balaban J connectivity index is 1.71. The number of amides is 1. The summed E-state index contributed by atoms with van der Waals surface area (Å²) in [7, 11) is 0. The third-order valence-electron chi connectivity index (χ3n) is 2.80. The van der Waals surface area contributed by atoms with Crippen molar-refractivity contribution in [1.82, 2.24) is 10.3 Å². The molecular weight excluding hydrogens is 335 g/mol. The summed E-state index contributed by atoms with van der Waals surface area (Å²) in [5.74, 6) is 5.73. The first-order chi connectivity index (χ1) is 11.2. The Hall–Kier alpha value is -2.22. The predicted molar refractivity (Wildman–Crippen MR) is 90.4 cm³/mol. The van der Waals surface area contributed by atoms with Gasteiger partial charge in [-0.05, 0) is 11.6 Å². The number of nitrogens with zero attached hydrogens (tertiary/aromatic N) is 1. The quantitative estimate of drug-likeness (QED) is 0.515. The molecule has 0 spiro atoms. The Kier molecular flexibility index (Phi) is 6.74. The second-order valence-electron chi connectivity index (χ2n) is 4.50. The van der Waals surface area contributed by atoms with E-state index in [-0.39, 0.29) is 11.8 Å². The second-order valence-corrected chi connectivity index (χ2v) is 5.26. The summed E-state index contributed by atoms with van der Waals surface area (Å²) in [5, 5.41) is 3.34. The minimum absolute atomic E-state index is 0.235. The monoisotopic (exact) mass is 348 g/mol. The van der Waals surface area contributed by atoms with Crippen molar-refractivity contribution in [3.63, 3.8) is 0 Å². The molecule has 0 unspecified atom stereocenters. The zero-order chi connectivity index (χ0) is 16.5. The molecule has 2 aromatic rings. The lowest BCUT2D eigenvalue weighted by Gasteiger charge is -2.05. The summed E-state index contributed by atoms with van der Waals surface area (Å²) in [6, 6.07) is 11.1.